The Morgan fingerprint density at radius 2 is 1.89 bits per heavy atom. The molecule has 0 aliphatic rings. The maximum absolute atomic E-state index is 5.84. The van der Waals surface area contributed by atoms with Crippen LogP contribution in [0.15, 0.2) is 29.3 Å². The molecule has 0 heterocycles. The third kappa shape index (κ3) is 6.49. The minimum Gasteiger partial charge on any atom is -0.370 e. The Bertz CT molecular complexity index is 388. The van der Waals surface area contributed by atoms with Crippen molar-refractivity contribution >= 4 is 47.4 Å². The highest BCUT2D eigenvalue weighted by Crippen LogP contribution is 2.21. The second-order valence-electron chi connectivity index (χ2n) is 4.66. The summed E-state index contributed by atoms with van der Waals surface area (Å²) in [5.74, 6) is 0.468. The molecule has 0 aliphatic carbocycles. The van der Waals surface area contributed by atoms with E-state index in [4.69, 9.17) is 5.73 Å². The fourth-order valence-corrected chi connectivity index (χ4v) is 1.36. The summed E-state index contributed by atoms with van der Waals surface area (Å²) in [6.07, 6.45) is 2.08. The lowest BCUT2D eigenvalue weighted by Gasteiger charge is -2.19. The molecule has 5 heteroatoms. The second-order valence-corrected chi connectivity index (χ2v) is 6.17. The summed E-state index contributed by atoms with van der Waals surface area (Å²) in [5.41, 5.74) is 8.04. The van der Waals surface area contributed by atoms with E-state index in [1.54, 1.807) is 11.8 Å². The van der Waals surface area contributed by atoms with Crippen LogP contribution in [-0.2, 0) is 0 Å². The fraction of sp³-hybridized carbons (Fsp3) is 0.462. The van der Waals surface area contributed by atoms with Crippen LogP contribution in [0, 0.1) is 6.92 Å². The molecule has 0 spiro atoms. The molecular weight excluding hydrogens is 357 g/mol. The predicted octanol–water partition coefficient (Wildman–Crippen LogP) is 3.48. The molecule has 102 valence electrons. The molecule has 1 aromatic carbocycles. The van der Waals surface area contributed by atoms with E-state index in [0.717, 1.165) is 5.69 Å². The molecule has 3 nitrogen and oxygen atoms in total. The SMILES string of the molecule is CSC(C)(C)CN=C(N)Nc1ccc(C)cc1.I. The molecule has 1 rings (SSSR count). The van der Waals surface area contributed by atoms with Crippen molar-refractivity contribution in [1.29, 1.82) is 0 Å². The maximum atomic E-state index is 5.84. The second kappa shape index (κ2) is 7.89. The van der Waals surface area contributed by atoms with Crippen LogP contribution in [0.3, 0.4) is 0 Å². The summed E-state index contributed by atoms with van der Waals surface area (Å²) in [5, 5.41) is 3.08. The average molecular weight is 379 g/mol. The van der Waals surface area contributed by atoms with E-state index in [0.29, 0.717) is 12.5 Å². The van der Waals surface area contributed by atoms with Gasteiger partial charge in [0.25, 0.3) is 0 Å². The van der Waals surface area contributed by atoms with Crippen LogP contribution in [0.1, 0.15) is 19.4 Å². The van der Waals surface area contributed by atoms with Crippen LogP contribution >= 0.6 is 35.7 Å². The first kappa shape index (κ1) is 17.6. The zero-order valence-corrected chi connectivity index (χ0v) is 14.5. The average Bonchev–Trinajstić information content (AvgIpc) is 2.30. The first-order valence-corrected chi connectivity index (χ1v) is 6.84. The van der Waals surface area contributed by atoms with Gasteiger partial charge in [-0.3, -0.25) is 4.99 Å². The van der Waals surface area contributed by atoms with Gasteiger partial charge in [-0.15, -0.1) is 24.0 Å². The molecule has 3 N–H and O–H groups in total. The quantitative estimate of drug-likeness (QED) is 0.479. The molecule has 0 radical (unpaired) electrons. The largest absolute Gasteiger partial charge is 0.370 e. The highest BCUT2D eigenvalue weighted by Gasteiger charge is 2.14. The third-order valence-corrected chi connectivity index (χ3v) is 3.74. The summed E-state index contributed by atoms with van der Waals surface area (Å²) in [6, 6.07) is 8.08. The number of guanidine groups is 1. The normalized spacial score (nSPS) is 11.9. The van der Waals surface area contributed by atoms with Crippen LogP contribution in [0.4, 0.5) is 5.69 Å². The van der Waals surface area contributed by atoms with Gasteiger partial charge in [0, 0.05) is 10.4 Å². The third-order valence-electron chi connectivity index (χ3n) is 2.51. The predicted molar refractivity (Wildman–Crippen MR) is 94.3 cm³/mol. The Labute approximate surface area is 131 Å². The van der Waals surface area contributed by atoms with Crippen molar-refractivity contribution in [2.45, 2.75) is 25.5 Å². The van der Waals surface area contributed by atoms with Crippen molar-refractivity contribution in [3.8, 4) is 0 Å². The molecule has 0 aromatic heterocycles. The van der Waals surface area contributed by atoms with Gasteiger partial charge in [-0.1, -0.05) is 17.7 Å². The Morgan fingerprint density at radius 3 is 2.39 bits per heavy atom. The van der Waals surface area contributed by atoms with Crippen molar-refractivity contribution in [1.82, 2.24) is 0 Å². The molecule has 0 saturated carbocycles. The van der Waals surface area contributed by atoms with Crippen molar-refractivity contribution < 1.29 is 0 Å². The molecular formula is C13H22IN3S. The highest BCUT2D eigenvalue weighted by atomic mass is 127. The van der Waals surface area contributed by atoms with Gasteiger partial charge in [-0.05, 0) is 39.2 Å². The molecule has 0 fully saturated rings. The lowest BCUT2D eigenvalue weighted by Crippen LogP contribution is -2.27. The Morgan fingerprint density at radius 1 is 1.33 bits per heavy atom. The number of thioether (sulfide) groups is 1. The van der Waals surface area contributed by atoms with E-state index in [1.165, 1.54) is 5.56 Å². The minimum absolute atomic E-state index is 0. The number of halogens is 1. The van der Waals surface area contributed by atoms with Crippen molar-refractivity contribution in [3.05, 3.63) is 29.8 Å². The molecule has 0 aliphatic heterocycles. The topological polar surface area (TPSA) is 50.4 Å². The number of benzene rings is 1. The monoisotopic (exact) mass is 379 g/mol. The molecule has 0 atom stereocenters. The summed E-state index contributed by atoms with van der Waals surface area (Å²) in [7, 11) is 0. The zero-order chi connectivity index (χ0) is 12.9. The lowest BCUT2D eigenvalue weighted by atomic mass is 10.2. The number of nitrogens with two attached hydrogens (primary N) is 1. The Kier molecular flexibility index (Phi) is 7.70. The molecule has 0 unspecified atom stereocenters. The minimum atomic E-state index is 0. The number of aryl methyl sites for hydroxylation is 1. The maximum Gasteiger partial charge on any atom is 0.193 e. The Hall–Kier alpha value is -0.430. The highest BCUT2D eigenvalue weighted by molar-refractivity contribution is 14.0. The fourth-order valence-electron chi connectivity index (χ4n) is 1.16. The van der Waals surface area contributed by atoms with E-state index in [1.807, 2.05) is 24.3 Å². The van der Waals surface area contributed by atoms with Gasteiger partial charge in [-0.2, -0.15) is 11.8 Å². The molecule has 0 bridgehead atoms. The van der Waals surface area contributed by atoms with Gasteiger partial charge in [0.15, 0.2) is 5.96 Å². The summed E-state index contributed by atoms with van der Waals surface area (Å²) in [4.78, 5) is 4.35. The van der Waals surface area contributed by atoms with E-state index in [9.17, 15) is 0 Å². The van der Waals surface area contributed by atoms with Gasteiger partial charge < -0.3 is 11.1 Å². The summed E-state index contributed by atoms with van der Waals surface area (Å²) < 4.78 is 0.125. The molecule has 0 saturated heterocycles. The molecule has 1 aromatic rings. The number of rotatable bonds is 4. The van der Waals surface area contributed by atoms with Gasteiger partial charge >= 0.3 is 0 Å². The first-order valence-electron chi connectivity index (χ1n) is 5.62. The van der Waals surface area contributed by atoms with Crippen LogP contribution in [0.25, 0.3) is 0 Å². The van der Waals surface area contributed by atoms with Gasteiger partial charge in [0.2, 0.25) is 0 Å². The van der Waals surface area contributed by atoms with Gasteiger partial charge in [-0.25, -0.2) is 0 Å². The summed E-state index contributed by atoms with van der Waals surface area (Å²) in [6.45, 7) is 7.07. The van der Waals surface area contributed by atoms with E-state index >= 15 is 0 Å². The smallest absolute Gasteiger partial charge is 0.193 e. The van der Waals surface area contributed by atoms with Gasteiger partial charge in [0.1, 0.15) is 0 Å². The number of nitrogens with zero attached hydrogens (tertiary/aromatic N) is 1. The van der Waals surface area contributed by atoms with Crippen LogP contribution in [-0.4, -0.2) is 23.5 Å². The standard InChI is InChI=1S/C13H21N3S.HI/c1-10-5-7-11(8-6-10)16-12(14)15-9-13(2,3)17-4;/h5-8H,9H2,1-4H3,(H3,14,15,16);1H. The number of aliphatic imine (C=N–C) groups is 1. The number of hydrogen-bond acceptors (Lipinski definition) is 2. The molecule has 18 heavy (non-hydrogen) atoms. The van der Waals surface area contributed by atoms with Crippen molar-refractivity contribution in [2.24, 2.45) is 10.7 Å². The van der Waals surface area contributed by atoms with E-state index in [2.05, 4.69) is 37.3 Å². The first-order chi connectivity index (χ1) is 7.93. The van der Waals surface area contributed by atoms with Crippen LogP contribution in [0.2, 0.25) is 0 Å². The number of hydrogen-bond donors (Lipinski definition) is 2. The summed E-state index contributed by atoms with van der Waals surface area (Å²) >= 11 is 1.79. The molecule has 0 amide bonds. The van der Waals surface area contributed by atoms with E-state index in [-0.39, 0.29) is 28.7 Å². The number of anilines is 1. The van der Waals surface area contributed by atoms with Crippen LogP contribution in [0.5, 0.6) is 0 Å². The van der Waals surface area contributed by atoms with Crippen molar-refractivity contribution in [2.75, 3.05) is 18.1 Å². The van der Waals surface area contributed by atoms with Gasteiger partial charge in [0.05, 0.1) is 6.54 Å². The lowest BCUT2D eigenvalue weighted by molar-refractivity contribution is 0.726. The zero-order valence-electron chi connectivity index (χ0n) is 11.4. The van der Waals surface area contributed by atoms with Crippen LogP contribution < -0.4 is 11.1 Å². The van der Waals surface area contributed by atoms with Crippen molar-refractivity contribution in [3.63, 3.8) is 0 Å². The van der Waals surface area contributed by atoms with E-state index < -0.39 is 0 Å². The number of nitrogens with one attached hydrogen (secondary N) is 1. The Balaban J connectivity index is 0.00000289.